The molecule has 4 rings (SSSR count). The van der Waals surface area contributed by atoms with E-state index in [0.29, 0.717) is 49.5 Å². The minimum Gasteiger partial charge on any atom is -0.497 e. The van der Waals surface area contributed by atoms with Gasteiger partial charge in [-0.15, -0.1) is 0 Å². The average molecular weight is 827 g/mol. The average Bonchev–Trinajstić information content (AvgIpc) is 3.18. The molecule has 3 aromatic rings. The molecular formula is C42H58N4O11S. The van der Waals surface area contributed by atoms with Crippen LogP contribution >= 0.6 is 0 Å². The summed E-state index contributed by atoms with van der Waals surface area (Å²) in [6, 6.07) is 21.2. The molecule has 1 aliphatic rings. The molecule has 0 radical (unpaired) electrons. The summed E-state index contributed by atoms with van der Waals surface area (Å²) in [7, 11) is -2.93. The molecule has 2 amide bonds. The molecule has 3 aromatic carbocycles. The highest BCUT2D eigenvalue weighted by Crippen LogP contribution is 2.27. The van der Waals surface area contributed by atoms with E-state index in [4.69, 9.17) is 28.5 Å². The molecule has 0 spiro atoms. The monoisotopic (exact) mass is 826 g/mol. The summed E-state index contributed by atoms with van der Waals surface area (Å²) in [4.78, 5) is 48.4. The quantitative estimate of drug-likeness (QED) is 0.0703. The molecule has 318 valence electrons. The van der Waals surface area contributed by atoms with Gasteiger partial charge in [0, 0.05) is 39.3 Å². The van der Waals surface area contributed by atoms with Gasteiger partial charge in [0.2, 0.25) is 0 Å². The predicted molar refractivity (Wildman–Crippen MR) is 217 cm³/mol. The Labute approximate surface area is 342 Å². The van der Waals surface area contributed by atoms with E-state index < -0.39 is 39.3 Å². The van der Waals surface area contributed by atoms with Crippen LogP contribution in [0.3, 0.4) is 0 Å². The van der Waals surface area contributed by atoms with E-state index >= 15 is 0 Å². The van der Waals surface area contributed by atoms with E-state index in [0.717, 1.165) is 16.7 Å². The van der Waals surface area contributed by atoms with Crippen molar-refractivity contribution in [3.05, 3.63) is 84.4 Å². The van der Waals surface area contributed by atoms with Gasteiger partial charge in [-0.25, -0.2) is 18.0 Å². The number of nitrogens with one attached hydrogen (secondary N) is 1. The first-order valence-corrected chi connectivity index (χ1v) is 20.8. The van der Waals surface area contributed by atoms with Gasteiger partial charge in [-0.05, 0) is 88.9 Å². The van der Waals surface area contributed by atoms with Crippen LogP contribution in [-0.2, 0) is 45.2 Å². The zero-order chi connectivity index (χ0) is 42.3. The second-order valence-electron chi connectivity index (χ2n) is 15.6. The van der Waals surface area contributed by atoms with Crippen molar-refractivity contribution in [1.82, 2.24) is 19.6 Å². The number of esters is 1. The Bertz CT molecular complexity index is 1860. The van der Waals surface area contributed by atoms with Gasteiger partial charge in [-0.3, -0.25) is 14.5 Å². The Morgan fingerprint density at radius 2 is 1.38 bits per heavy atom. The highest BCUT2D eigenvalue weighted by Gasteiger charge is 2.40. The second-order valence-corrected chi connectivity index (χ2v) is 17.4. The molecule has 0 saturated carbocycles. The highest BCUT2D eigenvalue weighted by atomic mass is 32.2. The molecule has 0 bridgehead atoms. The number of sulfonamides is 1. The first kappa shape index (κ1) is 46.0. The lowest BCUT2D eigenvalue weighted by Gasteiger charge is -2.35. The standard InChI is InChI=1S/C42H58N4O11S/c1-41(2,3)56-38(47)37(21-22-43-39(48)54-31-32-11-9-8-10-12-32)46(58(50,51)36-19-15-34(16-20-36)33-13-17-35(52-7)18-14-33)55-30-29-53-28-27-44-23-25-45(26-24-44)40(49)57-42(4,5)6/h8-20,37H,21-31H2,1-7H3,(H,43,48)/t37-/m1/s1. The second kappa shape index (κ2) is 21.3. The summed E-state index contributed by atoms with van der Waals surface area (Å²) in [5, 5.41) is 2.60. The number of benzene rings is 3. The van der Waals surface area contributed by atoms with Gasteiger partial charge < -0.3 is 33.9 Å². The van der Waals surface area contributed by atoms with Gasteiger partial charge in [0.05, 0.1) is 31.8 Å². The number of ether oxygens (including phenoxy) is 5. The number of amides is 2. The normalized spacial score (nSPS) is 14.4. The van der Waals surface area contributed by atoms with E-state index in [1.165, 1.54) is 12.1 Å². The lowest BCUT2D eigenvalue weighted by molar-refractivity contribution is -0.180. The van der Waals surface area contributed by atoms with Gasteiger partial charge in [0.25, 0.3) is 10.0 Å². The van der Waals surface area contributed by atoms with Crippen LogP contribution in [0.4, 0.5) is 9.59 Å². The van der Waals surface area contributed by atoms with Crippen LogP contribution < -0.4 is 10.1 Å². The number of piperazine rings is 1. The summed E-state index contributed by atoms with van der Waals surface area (Å²) in [6.07, 6.45) is -1.28. The lowest BCUT2D eigenvalue weighted by Crippen LogP contribution is -2.50. The number of nitrogens with zero attached hydrogens (tertiary/aromatic N) is 3. The number of hydrogen-bond donors (Lipinski definition) is 1. The Hall–Kier alpha value is -4.74. The minimum absolute atomic E-state index is 0.00536. The summed E-state index contributed by atoms with van der Waals surface area (Å²) < 4.78 is 57.0. The van der Waals surface area contributed by atoms with E-state index in [9.17, 15) is 22.8 Å². The summed E-state index contributed by atoms with van der Waals surface area (Å²) in [5.74, 6) is -0.179. The smallest absolute Gasteiger partial charge is 0.410 e. The molecule has 0 aromatic heterocycles. The maximum absolute atomic E-state index is 14.4. The number of carbonyl (C=O) groups excluding carboxylic acids is 3. The third-order valence-electron chi connectivity index (χ3n) is 8.67. The van der Waals surface area contributed by atoms with Crippen LogP contribution in [0.25, 0.3) is 11.1 Å². The molecule has 58 heavy (non-hydrogen) atoms. The van der Waals surface area contributed by atoms with Crippen LogP contribution in [-0.4, -0.2) is 124 Å². The van der Waals surface area contributed by atoms with E-state index in [2.05, 4.69) is 10.2 Å². The number of rotatable bonds is 18. The zero-order valence-corrected chi connectivity index (χ0v) is 35.4. The molecular weight excluding hydrogens is 769 g/mol. The first-order valence-electron chi connectivity index (χ1n) is 19.3. The number of hydroxylamine groups is 1. The van der Waals surface area contributed by atoms with Crippen LogP contribution in [0.1, 0.15) is 53.5 Å². The Kier molecular flexibility index (Phi) is 16.9. The molecule has 15 nitrogen and oxygen atoms in total. The number of carbonyl (C=O) groups is 3. The van der Waals surface area contributed by atoms with E-state index in [1.807, 2.05) is 63.2 Å². The van der Waals surface area contributed by atoms with Crippen molar-refractivity contribution in [1.29, 1.82) is 0 Å². The maximum atomic E-state index is 14.4. The van der Waals surface area contributed by atoms with Gasteiger partial charge in [0.15, 0.2) is 6.04 Å². The van der Waals surface area contributed by atoms with Crippen LogP contribution in [0.15, 0.2) is 83.8 Å². The Balaban J connectivity index is 1.45. The maximum Gasteiger partial charge on any atom is 0.410 e. The summed E-state index contributed by atoms with van der Waals surface area (Å²) in [5.41, 5.74) is 0.861. The van der Waals surface area contributed by atoms with Crippen molar-refractivity contribution in [2.45, 2.75) is 76.7 Å². The van der Waals surface area contributed by atoms with Gasteiger partial charge in [0.1, 0.15) is 23.6 Å². The molecule has 1 fully saturated rings. The SMILES string of the molecule is COc1ccc(-c2ccc(S(=O)(=O)N(OCCOCCN3CCN(C(=O)OC(C)(C)C)CC3)[C@H](CCNC(=O)OCc3ccccc3)C(=O)OC(C)(C)C)cc2)cc1. The molecule has 1 aliphatic heterocycles. The van der Waals surface area contributed by atoms with E-state index in [1.54, 1.807) is 57.0 Å². The fraction of sp³-hybridized carbons (Fsp3) is 0.500. The molecule has 16 heteroatoms. The van der Waals surface area contributed by atoms with Crippen molar-refractivity contribution < 1.29 is 51.3 Å². The predicted octanol–water partition coefficient (Wildman–Crippen LogP) is 5.88. The van der Waals surface area contributed by atoms with Gasteiger partial charge in [-0.1, -0.05) is 59.1 Å². The van der Waals surface area contributed by atoms with Crippen molar-refractivity contribution in [2.24, 2.45) is 0 Å². The number of alkyl carbamates (subject to hydrolysis) is 1. The zero-order valence-electron chi connectivity index (χ0n) is 34.6. The summed E-state index contributed by atoms with van der Waals surface area (Å²) >= 11 is 0. The molecule has 1 N–H and O–H groups in total. The summed E-state index contributed by atoms with van der Waals surface area (Å²) in [6.45, 7) is 13.4. The van der Waals surface area contributed by atoms with Crippen LogP contribution in [0.2, 0.25) is 0 Å². The topological polar surface area (TPSA) is 162 Å². The van der Waals surface area contributed by atoms with Crippen LogP contribution in [0, 0.1) is 0 Å². The third-order valence-corrected chi connectivity index (χ3v) is 10.4. The molecule has 1 saturated heterocycles. The van der Waals surface area contributed by atoms with Crippen molar-refractivity contribution >= 4 is 28.2 Å². The first-order chi connectivity index (χ1) is 27.4. The molecule has 1 heterocycles. The third kappa shape index (κ3) is 14.9. The van der Waals surface area contributed by atoms with E-state index in [-0.39, 0.29) is 43.8 Å². The van der Waals surface area contributed by atoms with Gasteiger partial charge in [-0.2, -0.15) is 0 Å². The largest absolute Gasteiger partial charge is 0.497 e. The number of methoxy groups -OCH3 is 1. The molecule has 0 aliphatic carbocycles. The Morgan fingerprint density at radius 1 is 0.776 bits per heavy atom. The van der Waals surface area contributed by atoms with Crippen molar-refractivity contribution in [3.63, 3.8) is 0 Å². The minimum atomic E-state index is -4.50. The van der Waals surface area contributed by atoms with Crippen LogP contribution in [0.5, 0.6) is 5.75 Å². The lowest BCUT2D eigenvalue weighted by atomic mass is 10.1. The molecule has 0 unspecified atom stereocenters. The van der Waals surface area contributed by atoms with Crippen molar-refractivity contribution in [2.75, 3.05) is 66.2 Å². The fourth-order valence-corrected chi connectivity index (χ4v) is 7.19. The van der Waals surface area contributed by atoms with Gasteiger partial charge >= 0.3 is 18.2 Å². The molecule has 1 atom stereocenters. The Morgan fingerprint density at radius 3 is 1.97 bits per heavy atom. The highest BCUT2D eigenvalue weighted by molar-refractivity contribution is 7.89. The fourth-order valence-electron chi connectivity index (χ4n) is 5.76. The number of hydrogen-bond acceptors (Lipinski definition) is 12. The van der Waals surface area contributed by atoms with Crippen molar-refractivity contribution in [3.8, 4) is 16.9 Å².